The summed E-state index contributed by atoms with van der Waals surface area (Å²) < 4.78 is 1.44. The van der Waals surface area contributed by atoms with Crippen molar-refractivity contribution in [3.05, 3.63) is 52.6 Å². The smallest absolute Gasteiger partial charge is 0.354 e. The Kier molecular flexibility index (Phi) is 8.34. The number of likely N-dealkylation sites (tertiary alicyclic amines) is 1. The van der Waals surface area contributed by atoms with Crippen LogP contribution in [-0.4, -0.2) is 99.8 Å². The number of piperazine rings is 1. The lowest BCUT2D eigenvalue weighted by Crippen LogP contribution is -2.53. The standard InChI is InChI=1S/C25H35N7O4/c1-18(17-33)23(34)30-12-14-31(15-13-30)24(35)27-22-8-11-32(25(36)28-22)21-4-2-19(3-5-21)6-9-29-10-7-20(26)16-29/h2-5,8,11,18,20,33H,6-7,9-10,12-17,26H2,1H3,(H,27,28,35,36)/t18-,20-/m1/s1. The highest BCUT2D eigenvalue weighted by Crippen LogP contribution is 2.13. The molecule has 0 unspecified atom stereocenters. The van der Waals surface area contributed by atoms with Crippen molar-refractivity contribution in [2.75, 3.05) is 57.7 Å². The Hall–Kier alpha value is -3.28. The van der Waals surface area contributed by atoms with Crippen LogP contribution in [0.3, 0.4) is 0 Å². The molecule has 1 aromatic carbocycles. The average Bonchev–Trinajstić information content (AvgIpc) is 3.32. The fourth-order valence-corrected chi connectivity index (χ4v) is 4.55. The molecule has 3 amide bonds. The summed E-state index contributed by atoms with van der Waals surface area (Å²) in [7, 11) is 0. The molecule has 2 saturated heterocycles. The molecular formula is C25H35N7O4. The number of rotatable bonds is 7. The van der Waals surface area contributed by atoms with Gasteiger partial charge in [-0.05, 0) is 43.1 Å². The second-order valence-electron chi connectivity index (χ2n) is 9.56. The molecule has 11 nitrogen and oxygen atoms in total. The van der Waals surface area contributed by atoms with E-state index in [1.807, 2.05) is 24.3 Å². The molecule has 2 aliphatic heterocycles. The zero-order valence-electron chi connectivity index (χ0n) is 20.7. The number of carbonyl (C=O) groups excluding carboxylic acids is 2. The second-order valence-corrected chi connectivity index (χ2v) is 9.56. The van der Waals surface area contributed by atoms with Crippen LogP contribution >= 0.6 is 0 Å². The summed E-state index contributed by atoms with van der Waals surface area (Å²) in [6, 6.07) is 9.31. The number of hydrogen-bond donors (Lipinski definition) is 3. The number of hydrogen-bond acceptors (Lipinski definition) is 7. The number of amides is 3. The van der Waals surface area contributed by atoms with Crippen LogP contribution in [0.25, 0.3) is 5.69 Å². The molecule has 0 saturated carbocycles. The molecule has 0 aliphatic carbocycles. The zero-order valence-corrected chi connectivity index (χ0v) is 20.7. The van der Waals surface area contributed by atoms with Crippen molar-refractivity contribution in [2.24, 2.45) is 11.7 Å². The van der Waals surface area contributed by atoms with Gasteiger partial charge in [-0.2, -0.15) is 4.98 Å². The number of aliphatic hydroxyl groups is 1. The molecule has 0 spiro atoms. The number of nitrogens with one attached hydrogen (secondary N) is 1. The van der Waals surface area contributed by atoms with E-state index in [9.17, 15) is 19.5 Å². The minimum absolute atomic E-state index is 0.118. The predicted molar refractivity (Wildman–Crippen MR) is 136 cm³/mol. The highest BCUT2D eigenvalue weighted by Gasteiger charge is 2.27. The number of anilines is 1. The van der Waals surface area contributed by atoms with Crippen LogP contribution in [0.15, 0.2) is 41.3 Å². The lowest BCUT2D eigenvalue weighted by atomic mass is 10.1. The summed E-state index contributed by atoms with van der Waals surface area (Å²) in [5.74, 6) is -0.395. The maximum absolute atomic E-state index is 12.6. The molecule has 3 heterocycles. The quantitative estimate of drug-likeness (QED) is 0.494. The van der Waals surface area contributed by atoms with Gasteiger partial charge in [0.2, 0.25) is 5.91 Å². The Balaban J connectivity index is 1.30. The SMILES string of the molecule is C[C@H](CO)C(=O)N1CCN(C(=O)Nc2ccn(-c3ccc(CCN4CC[C@@H](N)C4)cc3)c(=O)n2)CC1. The topological polar surface area (TPSA) is 137 Å². The van der Waals surface area contributed by atoms with Crippen LogP contribution in [0.1, 0.15) is 18.9 Å². The summed E-state index contributed by atoms with van der Waals surface area (Å²) in [6.07, 6.45) is 3.57. The third-order valence-electron chi connectivity index (χ3n) is 6.85. The van der Waals surface area contributed by atoms with Gasteiger partial charge in [0, 0.05) is 51.5 Å². The van der Waals surface area contributed by atoms with Gasteiger partial charge >= 0.3 is 11.7 Å². The highest BCUT2D eigenvalue weighted by atomic mass is 16.3. The normalized spacial score (nSPS) is 19.4. The lowest BCUT2D eigenvalue weighted by Gasteiger charge is -2.35. The molecular weight excluding hydrogens is 462 g/mol. The number of nitrogens with two attached hydrogens (primary N) is 1. The highest BCUT2D eigenvalue weighted by molar-refractivity contribution is 5.88. The van der Waals surface area contributed by atoms with Gasteiger partial charge < -0.3 is 25.5 Å². The van der Waals surface area contributed by atoms with E-state index in [0.717, 1.165) is 32.5 Å². The van der Waals surface area contributed by atoms with Gasteiger partial charge in [0.1, 0.15) is 5.82 Å². The van der Waals surface area contributed by atoms with Gasteiger partial charge in [-0.3, -0.25) is 14.7 Å². The van der Waals surface area contributed by atoms with Crippen LogP contribution in [-0.2, 0) is 11.2 Å². The number of carbonyl (C=O) groups is 2. The van der Waals surface area contributed by atoms with Crippen molar-refractivity contribution >= 4 is 17.8 Å². The van der Waals surface area contributed by atoms with Crippen molar-refractivity contribution in [3.8, 4) is 5.69 Å². The Bertz CT molecular complexity index is 1110. The number of aromatic nitrogens is 2. The third kappa shape index (κ3) is 6.28. The van der Waals surface area contributed by atoms with Crippen LogP contribution in [0.2, 0.25) is 0 Å². The van der Waals surface area contributed by atoms with E-state index in [-0.39, 0.29) is 30.4 Å². The fourth-order valence-electron chi connectivity index (χ4n) is 4.55. The summed E-state index contributed by atoms with van der Waals surface area (Å²) in [5.41, 5.74) is 7.38. The first-order valence-electron chi connectivity index (χ1n) is 12.5. The maximum Gasteiger partial charge on any atom is 0.354 e. The molecule has 194 valence electrons. The largest absolute Gasteiger partial charge is 0.396 e. The molecule has 1 aromatic heterocycles. The maximum atomic E-state index is 12.6. The molecule has 4 N–H and O–H groups in total. The number of aliphatic hydroxyl groups excluding tert-OH is 1. The number of nitrogens with zero attached hydrogens (tertiary/aromatic N) is 5. The van der Waals surface area contributed by atoms with Crippen molar-refractivity contribution in [1.29, 1.82) is 0 Å². The van der Waals surface area contributed by atoms with Crippen LogP contribution < -0.4 is 16.7 Å². The molecule has 0 bridgehead atoms. The van der Waals surface area contributed by atoms with Gasteiger partial charge in [-0.15, -0.1) is 0 Å². The molecule has 4 rings (SSSR count). The Labute approximate surface area is 210 Å². The van der Waals surface area contributed by atoms with E-state index >= 15 is 0 Å². The zero-order chi connectivity index (χ0) is 25.7. The lowest BCUT2D eigenvalue weighted by molar-refractivity contribution is -0.137. The minimum atomic E-state index is -0.486. The van der Waals surface area contributed by atoms with Crippen molar-refractivity contribution < 1.29 is 14.7 Å². The van der Waals surface area contributed by atoms with E-state index in [2.05, 4.69) is 15.2 Å². The Morgan fingerprint density at radius 1 is 1.11 bits per heavy atom. The van der Waals surface area contributed by atoms with Gasteiger partial charge in [-0.1, -0.05) is 19.1 Å². The van der Waals surface area contributed by atoms with E-state index in [1.165, 1.54) is 10.1 Å². The Morgan fingerprint density at radius 2 is 1.81 bits per heavy atom. The van der Waals surface area contributed by atoms with Gasteiger partial charge in [0.25, 0.3) is 0 Å². The van der Waals surface area contributed by atoms with E-state index in [1.54, 1.807) is 29.0 Å². The van der Waals surface area contributed by atoms with Gasteiger partial charge in [-0.25, -0.2) is 9.59 Å². The molecule has 2 fully saturated rings. The third-order valence-corrected chi connectivity index (χ3v) is 6.85. The minimum Gasteiger partial charge on any atom is -0.396 e. The van der Waals surface area contributed by atoms with Crippen molar-refractivity contribution in [1.82, 2.24) is 24.3 Å². The summed E-state index contributed by atoms with van der Waals surface area (Å²) in [6.45, 7) is 5.96. The van der Waals surface area contributed by atoms with Crippen LogP contribution in [0.5, 0.6) is 0 Å². The van der Waals surface area contributed by atoms with Crippen molar-refractivity contribution in [2.45, 2.75) is 25.8 Å². The molecule has 11 heteroatoms. The van der Waals surface area contributed by atoms with Gasteiger partial charge in [0.05, 0.1) is 18.2 Å². The summed E-state index contributed by atoms with van der Waals surface area (Å²) >= 11 is 0. The average molecular weight is 498 g/mol. The van der Waals surface area contributed by atoms with Crippen LogP contribution in [0, 0.1) is 5.92 Å². The molecule has 0 radical (unpaired) electrons. The van der Waals surface area contributed by atoms with E-state index in [4.69, 9.17) is 5.73 Å². The monoisotopic (exact) mass is 497 g/mol. The number of urea groups is 1. The molecule has 36 heavy (non-hydrogen) atoms. The summed E-state index contributed by atoms with van der Waals surface area (Å²) in [5, 5.41) is 11.8. The summed E-state index contributed by atoms with van der Waals surface area (Å²) in [4.78, 5) is 47.1. The Morgan fingerprint density at radius 3 is 2.42 bits per heavy atom. The van der Waals surface area contributed by atoms with Crippen LogP contribution in [0.4, 0.5) is 10.6 Å². The van der Waals surface area contributed by atoms with E-state index < -0.39 is 11.6 Å². The number of benzene rings is 1. The van der Waals surface area contributed by atoms with Crippen molar-refractivity contribution in [3.63, 3.8) is 0 Å². The fraction of sp³-hybridized carbons (Fsp3) is 0.520. The van der Waals surface area contributed by atoms with Gasteiger partial charge in [0.15, 0.2) is 0 Å². The predicted octanol–water partition coefficient (Wildman–Crippen LogP) is 0.113. The molecule has 2 aliphatic rings. The first kappa shape index (κ1) is 25.8. The molecule has 2 atom stereocenters. The second kappa shape index (κ2) is 11.6. The first-order valence-corrected chi connectivity index (χ1v) is 12.5. The van der Waals surface area contributed by atoms with E-state index in [0.29, 0.717) is 31.9 Å². The molecule has 2 aromatic rings. The first-order chi connectivity index (χ1) is 17.3.